The predicted molar refractivity (Wildman–Crippen MR) is 113 cm³/mol. The Hall–Kier alpha value is -2.25. The van der Waals surface area contributed by atoms with Crippen molar-refractivity contribution >= 4 is 44.8 Å². The maximum Gasteiger partial charge on any atom is 0.286 e. The van der Waals surface area contributed by atoms with E-state index in [4.69, 9.17) is 15.2 Å². The Morgan fingerprint density at radius 3 is 2.48 bits per heavy atom. The molecule has 1 heterocycles. The van der Waals surface area contributed by atoms with Crippen LogP contribution in [-0.2, 0) is 4.79 Å². The molecule has 27 heavy (non-hydrogen) atoms. The van der Waals surface area contributed by atoms with Gasteiger partial charge in [-0.05, 0) is 61.5 Å². The summed E-state index contributed by atoms with van der Waals surface area (Å²) >= 11 is 4.60. The molecule has 140 valence electrons. The second kappa shape index (κ2) is 8.63. The third-order valence-electron chi connectivity index (χ3n) is 3.82. The molecule has 0 atom stereocenters. The molecular weight excluding hydrogens is 428 g/mol. The van der Waals surface area contributed by atoms with Gasteiger partial charge in [-0.15, -0.1) is 0 Å². The van der Waals surface area contributed by atoms with Crippen LogP contribution in [0.15, 0.2) is 50.8 Å². The van der Waals surface area contributed by atoms with Gasteiger partial charge in [-0.25, -0.2) is 0 Å². The molecule has 1 amide bonds. The molecule has 1 aliphatic heterocycles. The van der Waals surface area contributed by atoms with Crippen LogP contribution in [0, 0.1) is 13.8 Å². The molecule has 0 radical (unpaired) electrons. The average molecular weight is 447 g/mol. The molecule has 5 nitrogen and oxygen atoms in total. The number of carbonyl (C=O) groups excluding carboxylic acids is 1. The predicted octanol–water partition coefficient (Wildman–Crippen LogP) is 4.45. The van der Waals surface area contributed by atoms with E-state index < -0.39 is 0 Å². The van der Waals surface area contributed by atoms with Gasteiger partial charge < -0.3 is 15.2 Å². The third kappa shape index (κ3) is 5.14. The second-order valence-corrected chi connectivity index (χ2v) is 7.99. The van der Waals surface area contributed by atoms with Crippen molar-refractivity contribution in [1.82, 2.24) is 0 Å². The highest BCUT2D eigenvalue weighted by Crippen LogP contribution is 2.31. The van der Waals surface area contributed by atoms with Crippen LogP contribution in [0.1, 0.15) is 16.7 Å². The molecule has 0 saturated carbocycles. The van der Waals surface area contributed by atoms with Crippen LogP contribution in [0.2, 0.25) is 0 Å². The summed E-state index contributed by atoms with van der Waals surface area (Å²) in [6.07, 6.45) is 1.74. The zero-order valence-corrected chi connectivity index (χ0v) is 17.4. The number of nitrogens with zero attached hydrogens (tertiary/aromatic N) is 1. The van der Waals surface area contributed by atoms with Gasteiger partial charge in [-0.1, -0.05) is 33.6 Å². The first-order valence-corrected chi connectivity index (χ1v) is 9.94. The van der Waals surface area contributed by atoms with E-state index >= 15 is 0 Å². The van der Waals surface area contributed by atoms with Gasteiger partial charge in [-0.3, -0.25) is 4.79 Å². The van der Waals surface area contributed by atoms with Crippen molar-refractivity contribution < 1.29 is 14.3 Å². The van der Waals surface area contributed by atoms with E-state index in [1.807, 2.05) is 37.3 Å². The summed E-state index contributed by atoms with van der Waals surface area (Å²) in [6, 6.07) is 11.7. The van der Waals surface area contributed by atoms with Gasteiger partial charge in [0.05, 0.1) is 4.91 Å². The van der Waals surface area contributed by atoms with E-state index in [9.17, 15) is 4.79 Å². The quantitative estimate of drug-likeness (QED) is 0.523. The Kier molecular flexibility index (Phi) is 6.23. The van der Waals surface area contributed by atoms with E-state index in [0.29, 0.717) is 23.9 Å². The summed E-state index contributed by atoms with van der Waals surface area (Å²) in [7, 11) is 0. The highest BCUT2D eigenvalue weighted by Gasteiger charge is 2.20. The largest absolute Gasteiger partial charge is 0.490 e. The minimum absolute atomic E-state index is 0.255. The van der Waals surface area contributed by atoms with Crippen molar-refractivity contribution in [3.05, 3.63) is 62.5 Å². The van der Waals surface area contributed by atoms with Crippen LogP contribution < -0.4 is 15.2 Å². The standard InChI is InChI=1S/C20H19BrN2O3S/c1-12-3-5-16(13(2)9-12)25-7-8-26-17-6-4-15(21)10-14(17)11-18-19(24)23-20(22)27-18/h3-6,9-11H,7-8H2,1-2H3,(H2,22,23,24). The smallest absolute Gasteiger partial charge is 0.286 e. The summed E-state index contributed by atoms with van der Waals surface area (Å²) in [5.41, 5.74) is 8.68. The fourth-order valence-electron chi connectivity index (χ4n) is 2.59. The zero-order chi connectivity index (χ0) is 19.4. The van der Waals surface area contributed by atoms with Crippen LogP contribution in [0.4, 0.5) is 0 Å². The normalized spacial score (nSPS) is 15.1. The lowest BCUT2D eigenvalue weighted by atomic mass is 10.1. The van der Waals surface area contributed by atoms with Gasteiger partial charge in [0.25, 0.3) is 5.91 Å². The summed E-state index contributed by atoms with van der Waals surface area (Å²) < 4.78 is 12.6. The van der Waals surface area contributed by atoms with Crippen molar-refractivity contribution in [3.8, 4) is 11.5 Å². The fourth-order valence-corrected chi connectivity index (χ4v) is 3.65. The number of aliphatic imine (C=N–C) groups is 1. The number of thioether (sulfide) groups is 1. The number of halogens is 1. The topological polar surface area (TPSA) is 73.9 Å². The minimum Gasteiger partial charge on any atom is -0.490 e. The molecule has 3 rings (SSSR count). The number of aryl methyl sites for hydroxylation is 2. The number of amidine groups is 1. The molecule has 0 saturated heterocycles. The molecule has 7 heteroatoms. The highest BCUT2D eigenvalue weighted by atomic mass is 79.9. The summed E-state index contributed by atoms with van der Waals surface area (Å²) in [5.74, 6) is 1.18. The van der Waals surface area contributed by atoms with Gasteiger partial charge in [0.1, 0.15) is 24.7 Å². The fraction of sp³-hybridized carbons (Fsp3) is 0.200. The van der Waals surface area contributed by atoms with E-state index in [1.54, 1.807) is 6.08 Å². The molecular formula is C20H19BrN2O3S. The molecule has 0 aromatic heterocycles. The van der Waals surface area contributed by atoms with Gasteiger partial charge in [0, 0.05) is 10.0 Å². The number of amides is 1. The molecule has 0 unspecified atom stereocenters. The Morgan fingerprint density at radius 1 is 1.11 bits per heavy atom. The number of hydrogen-bond donors (Lipinski definition) is 1. The molecule has 0 bridgehead atoms. The third-order valence-corrected chi connectivity index (χ3v) is 5.13. The molecule has 0 spiro atoms. The number of ether oxygens (including phenoxy) is 2. The first kappa shape index (κ1) is 19.5. The maximum absolute atomic E-state index is 11.8. The maximum atomic E-state index is 11.8. The Bertz CT molecular complexity index is 941. The number of rotatable bonds is 6. The first-order valence-electron chi connectivity index (χ1n) is 8.33. The van der Waals surface area contributed by atoms with Crippen LogP contribution in [-0.4, -0.2) is 24.3 Å². The highest BCUT2D eigenvalue weighted by molar-refractivity contribution is 9.10. The second-order valence-electron chi connectivity index (χ2n) is 6.01. The van der Waals surface area contributed by atoms with Crippen LogP contribution in [0.5, 0.6) is 11.5 Å². The lowest BCUT2D eigenvalue weighted by Gasteiger charge is -2.12. The van der Waals surface area contributed by atoms with Crippen molar-refractivity contribution in [2.24, 2.45) is 10.7 Å². The lowest BCUT2D eigenvalue weighted by molar-refractivity contribution is -0.113. The van der Waals surface area contributed by atoms with Gasteiger partial charge in [0.15, 0.2) is 5.17 Å². The van der Waals surface area contributed by atoms with Crippen LogP contribution >= 0.6 is 27.7 Å². The Balaban J connectivity index is 1.65. The van der Waals surface area contributed by atoms with Crippen molar-refractivity contribution in [3.63, 3.8) is 0 Å². The number of benzene rings is 2. The van der Waals surface area contributed by atoms with Crippen molar-refractivity contribution in [2.75, 3.05) is 13.2 Å². The van der Waals surface area contributed by atoms with E-state index in [-0.39, 0.29) is 11.1 Å². The molecule has 1 aliphatic rings. The molecule has 2 aromatic rings. The van der Waals surface area contributed by atoms with Crippen LogP contribution in [0.3, 0.4) is 0 Å². The van der Waals surface area contributed by atoms with Crippen LogP contribution in [0.25, 0.3) is 6.08 Å². The SMILES string of the molecule is Cc1ccc(OCCOc2ccc(Br)cc2C=C2SC(N)=NC2=O)c(C)c1. The van der Waals surface area contributed by atoms with E-state index in [1.165, 1.54) is 5.56 Å². The lowest BCUT2D eigenvalue weighted by Crippen LogP contribution is -2.10. The Labute approximate surface area is 170 Å². The summed E-state index contributed by atoms with van der Waals surface area (Å²) in [4.78, 5) is 16.0. The van der Waals surface area contributed by atoms with E-state index in [0.717, 1.165) is 33.1 Å². The monoisotopic (exact) mass is 446 g/mol. The molecule has 2 aromatic carbocycles. The number of nitrogens with two attached hydrogens (primary N) is 1. The summed E-state index contributed by atoms with van der Waals surface area (Å²) in [6.45, 7) is 4.87. The number of hydrogen-bond acceptors (Lipinski definition) is 5. The van der Waals surface area contributed by atoms with Crippen molar-refractivity contribution in [1.29, 1.82) is 0 Å². The van der Waals surface area contributed by atoms with E-state index in [2.05, 4.69) is 33.9 Å². The molecule has 0 fully saturated rings. The zero-order valence-electron chi connectivity index (χ0n) is 15.0. The minimum atomic E-state index is -0.332. The summed E-state index contributed by atoms with van der Waals surface area (Å²) in [5, 5.41) is 0.255. The first-order chi connectivity index (χ1) is 12.9. The number of carbonyl (C=O) groups is 1. The van der Waals surface area contributed by atoms with Gasteiger partial charge in [0.2, 0.25) is 0 Å². The molecule has 0 aliphatic carbocycles. The Morgan fingerprint density at radius 2 is 1.81 bits per heavy atom. The van der Waals surface area contributed by atoms with Gasteiger partial charge in [-0.2, -0.15) is 4.99 Å². The molecule has 2 N–H and O–H groups in total. The van der Waals surface area contributed by atoms with Crippen molar-refractivity contribution in [2.45, 2.75) is 13.8 Å². The van der Waals surface area contributed by atoms with Gasteiger partial charge >= 0.3 is 0 Å². The average Bonchev–Trinajstić information content (AvgIpc) is 2.92.